The fourth-order valence-electron chi connectivity index (χ4n) is 3.65. The van der Waals surface area contributed by atoms with Crippen LogP contribution in [0.1, 0.15) is 31.2 Å². The molecule has 6 heteroatoms. The van der Waals surface area contributed by atoms with Crippen LogP contribution in [0.15, 0.2) is 33.5 Å². The molecule has 1 aromatic carbocycles. The highest BCUT2D eigenvalue weighted by Gasteiger charge is 2.24. The quantitative estimate of drug-likeness (QED) is 0.783. The van der Waals surface area contributed by atoms with Crippen molar-refractivity contribution in [2.45, 2.75) is 38.3 Å². The van der Waals surface area contributed by atoms with Gasteiger partial charge in [-0.2, -0.15) is 0 Å². The molecule has 2 fully saturated rings. The fraction of sp³-hybridized carbons (Fsp3) is 0.500. The van der Waals surface area contributed by atoms with Crippen molar-refractivity contribution in [2.75, 3.05) is 26.3 Å². The van der Waals surface area contributed by atoms with Crippen LogP contribution in [-0.2, 0) is 16.1 Å². The number of carbonyl (C=O) groups excluding carboxylic acids is 1. The van der Waals surface area contributed by atoms with E-state index in [0.29, 0.717) is 37.5 Å². The van der Waals surface area contributed by atoms with Crippen LogP contribution in [0.2, 0.25) is 0 Å². The van der Waals surface area contributed by atoms with Gasteiger partial charge in [-0.25, -0.2) is 4.79 Å². The lowest BCUT2D eigenvalue weighted by Crippen LogP contribution is -2.35. The van der Waals surface area contributed by atoms with E-state index < -0.39 is 0 Å². The van der Waals surface area contributed by atoms with Crippen molar-refractivity contribution >= 4 is 16.8 Å². The molecule has 2 heterocycles. The number of ether oxygens (including phenoxy) is 2. The van der Waals surface area contributed by atoms with Gasteiger partial charge in [0.15, 0.2) is 11.9 Å². The number of benzene rings is 1. The first-order chi connectivity index (χ1) is 12.7. The standard InChI is InChI=1S/C20H23NO5/c22-17-3-1-2-4-18(17)25-15-5-6-16-14(11-20(23)26-19(16)12-15)13-21-7-9-24-10-8-21/h5-6,11-12,18H,1-4,7-10,13H2. The average molecular weight is 357 g/mol. The van der Waals surface area contributed by atoms with Gasteiger partial charge in [-0.3, -0.25) is 9.69 Å². The molecule has 4 rings (SSSR count). The van der Waals surface area contributed by atoms with Gasteiger partial charge < -0.3 is 13.9 Å². The Bertz CT molecular complexity index is 853. The van der Waals surface area contributed by atoms with Crippen LogP contribution in [0, 0.1) is 0 Å². The van der Waals surface area contributed by atoms with E-state index in [4.69, 9.17) is 13.9 Å². The molecular weight excluding hydrogens is 334 g/mol. The molecule has 0 bridgehead atoms. The van der Waals surface area contributed by atoms with E-state index >= 15 is 0 Å². The van der Waals surface area contributed by atoms with Crippen molar-refractivity contribution < 1.29 is 18.7 Å². The first-order valence-electron chi connectivity index (χ1n) is 9.25. The molecule has 0 amide bonds. The Morgan fingerprint density at radius 1 is 1.12 bits per heavy atom. The maximum atomic E-state index is 12.0. The maximum absolute atomic E-state index is 12.0. The zero-order valence-corrected chi connectivity index (χ0v) is 14.7. The topological polar surface area (TPSA) is 69.0 Å². The Morgan fingerprint density at radius 3 is 2.77 bits per heavy atom. The third-order valence-corrected chi connectivity index (χ3v) is 5.08. The average Bonchev–Trinajstić information content (AvgIpc) is 2.64. The predicted molar refractivity (Wildman–Crippen MR) is 96.5 cm³/mol. The summed E-state index contributed by atoms with van der Waals surface area (Å²) in [5.41, 5.74) is 1.08. The lowest BCUT2D eigenvalue weighted by Gasteiger charge is -2.26. The number of hydrogen-bond acceptors (Lipinski definition) is 6. The Morgan fingerprint density at radius 2 is 1.96 bits per heavy atom. The number of nitrogens with zero attached hydrogens (tertiary/aromatic N) is 1. The van der Waals surface area contributed by atoms with Gasteiger partial charge in [0, 0.05) is 43.6 Å². The summed E-state index contributed by atoms with van der Waals surface area (Å²) in [7, 11) is 0. The van der Waals surface area contributed by atoms with Gasteiger partial charge in [0.2, 0.25) is 0 Å². The largest absolute Gasteiger partial charge is 0.483 e. The highest BCUT2D eigenvalue weighted by Crippen LogP contribution is 2.26. The van der Waals surface area contributed by atoms with Crippen LogP contribution in [-0.4, -0.2) is 43.1 Å². The van der Waals surface area contributed by atoms with E-state index in [-0.39, 0.29) is 17.5 Å². The summed E-state index contributed by atoms with van der Waals surface area (Å²) in [6.07, 6.45) is 2.89. The molecule has 0 spiro atoms. The molecule has 1 aliphatic carbocycles. The van der Waals surface area contributed by atoms with Gasteiger partial charge >= 0.3 is 5.63 Å². The third-order valence-electron chi connectivity index (χ3n) is 5.08. The van der Waals surface area contributed by atoms with Crippen LogP contribution in [0.3, 0.4) is 0 Å². The van der Waals surface area contributed by atoms with Crippen molar-refractivity contribution in [1.82, 2.24) is 4.90 Å². The zero-order chi connectivity index (χ0) is 17.9. The highest BCUT2D eigenvalue weighted by atomic mass is 16.5. The lowest BCUT2D eigenvalue weighted by atomic mass is 9.96. The molecular formula is C20H23NO5. The Hall–Kier alpha value is -2.18. The van der Waals surface area contributed by atoms with Gasteiger partial charge in [0.1, 0.15) is 11.3 Å². The van der Waals surface area contributed by atoms with E-state index in [1.807, 2.05) is 12.1 Å². The smallest absolute Gasteiger partial charge is 0.336 e. The number of morpholine rings is 1. The van der Waals surface area contributed by atoms with Gasteiger partial charge in [0.25, 0.3) is 0 Å². The Labute approximate surface area is 151 Å². The normalized spacial score (nSPS) is 21.8. The summed E-state index contributed by atoms with van der Waals surface area (Å²) < 4.78 is 16.6. The number of ketones is 1. The molecule has 138 valence electrons. The summed E-state index contributed by atoms with van der Waals surface area (Å²) in [6, 6.07) is 7.05. The van der Waals surface area contributed by atoms with Crippen LogP contribution in [0.25, 0.3) is 11.0 Å². The second-order valence-corrected chi connectivity index (χ2v) is 6.96. The van der Waals surface area contributed by atoms with E-state index in [2.05, 4.69) is 4.90 Å². The number of Topliss-reactive ketones (excluding diaryl/α,β-unsaturated/α-hetero) is 1. The molecule has 1 aromatic heterocycles. The summed E-state index contributed by atoms with van der Waals surface area (Å²) in [5, 5.41) is 0.901. The Balaban J connectivity index is 1.59. The van der Waals surface area contributed by atoms with Gasteiger partial charge in [-0.15, -0.1) is 0 Å². The van der Waals surface area contributed by atoms with Crippen LogP contribution in [0.5, 0.6) is 5.75 Å². The van der Waals surface area contributed by atoms with Crippen LogP contribution < -0.4 is 10.4 Å². The summed E-state index contributed by atoms with van der Waals surface area (Å²) >= 11 is 0. The first-order valence-corrected chi connectivity index (χ1v) is 9.25. The first kappa shape index (κ1) is 17.2. The molecule has 0 radical (unpaired) electrons. The Kier molecular flexibility index (Phi) is 5.04. The lowest BCUT2D eigenvalue weighted by molar-refractivity contribution is -0.127. The van der Waals surface area contributed by atoms with Crippen molar-refractivity contribution in [1.29, 1.82) is 0 Å². The molecule has 1 atom stereocenters. The minimum Gasteiger partial charge on any atom is -0.483 e. The van der Waals surface area contributed by atoms with Crippen molar-refractivity contribution in [3.8, 4) is 5.75 Å². The number of carbonyl (C=O) groups is 1. The zero-order valence-electron chi connectivity index (χ0n) is 14.7. The molecule has 1 saturated heterocycles. The molecule has 26 heavy (non-hydrogen) atoms. The molecule has 1 saturated carbocycles. The minimum absolute atomic E-state index is 0.152. The van der Waals surface area contributed by atoms with Crippen LogP contribution >= 0.6 is 0 Å². The van der Waals surface area contributed by atoms with E-state index in [1.165, 1.54) is 0 Å². The molecule has 1 aliphatic heterocycles. The van der Waals surface area contributed by atoms with Gasteiger partial charge in [-0.1, -0.05) is 0 Å². The van der Waals surface area contributed by atoms with Gasteiger partial charge in [0.05, 0.1) is 13.2 Å². The maximum Gasteiger partial charge on any atom is 0.336 e. The summed E-state index contributed by atoms with van der Waals surface area (Å²) in [4.78, 5) is 26.2. The summed E-state index contributed by atoms with van der Waals surface area (Å²) in [5.74, 6) is 0.725. The molecule has 2 aliphatic rings. The predicted octanol–water partition coefficient (Wildman–Crippen LogP) is 2.52. The SMILES string of the molecule is O=C1CCCCC1Oc1ccc2c(CN3CCOCC3)cc(=O)oc2c1. The minimum atomic E-state index is -0.385. The molecule has 2 aromatic rings. The third kappa shape index (κ3) is 3.81. The number of fused-ring (bicyclic) bond motifs is 1. The van der Waals surface area contributed by atoms with Crippen LogP contribution in [0.4, 0.5) is 0 Å². The molecule has 1 unspecified atom stereocenters. The number of rotatable bonds is 4. The van der Waals surface area contributed by atoms with E-state index in [9.17, 15) is 9.59 Å². The van der Waals surface area contributed by atoms with Gasteiger partial charge in [-0.05, 0) is 37.0 Å². The van der Waals surface area contributed by atoms with Crippen molar-refractivity contribution in [3.05, 3.63) is 40.2 Å². The summed E-state index contributed by atoms with van der Waals surface area (Å²) in [6.45, 7) is 3.83. The second kappa shape index (κ2) is 7.60. The van der Waals surface area contributed by atoms with Crippen molar-refractivity contribution in [2.24, 2.45) is 0 Å². The highest BCUT2D eigenvalue weighted by molar-refractivity contribution is 5.84. The molecule has 0 N–H and O–H groups in total. The fourth-order valence-corrected chi connectivity index (χ4v) is 3.65. The van der Waals surface area contributed by atoms with Crippen molar-refractivity contribution in [3.63, 3.8) is 0 Å². The molecule has 6 nitrogen and oxygen atoms in total. The van der Waals surface area contributed by atoms with E-state index in [1.54, 1.807) is 12.1 Å². The monoisotopic (exact) mass is 357 g/mol. The number of hydrogen-bond donors (Lipinski definition) is 0. The second-order valence-electron chi connectivity index (χ2n) is 6.96. The van der Waals surface area contributed by atoms with E-state index in [0.717, 1.165) is 43.3 Å².